The van der Waals surface area contributed by atoms with Crippen LogP contribution < -0.4 is 5.32 Å². The Morgan fingerprint density at radius 3 is 2.70 bits per heavy atom. The number of aryl methyl sites for hydroxylation is 2. The van der Waals surface area contributed by atoms with E-state index in [1.807, 2.05) is 38.1 Å². The van der Waals surface area contributed by atoms with E-state index in [2.05, 4.69) is 29.2 Å². The summed E-state index contributed by atoms with van der Waals surface area (Å²) in [6.45, 7) is 8.12. The largest absolute Gasteiger partial charge is 0.320 e. The highest BCUT2D eigenvalue weighted by molar-refractivity contribution is 6.03. The molecule has 0 saturated carbocycles. The molecule has 0 aliphatic heterocycles. The van der Waals surface area contributed by atoms with Crippen LogP contribution in [0.4, 0.5) is 5.69 Å². The number of aromatic nitrogens is 3. The number of carbonyl (C=O) groups excluding carboxylic acids is 1. The van der Waals surface area contributed by atoms with Gasteiger partial charge in [-0.25, -0.2) is 9.50 Å². The number of nitrogens with zero attached hydrogens (tertiary/aromatic N) is 3. The van der Waals surface area contributed by atoms with E-state index in [-0.39, 0.29) is 11.8 Å². The van der Waals surface area contributed by atoms with E-state index >= 15 is 0 Å². The Morgan fingerprint density at radius 1 is 1.17 bits per heavy atom. The SMILES string of the molecule is Cc1ccc(C)c(NC(=O)c2cc(C(C)C)n3nccc3n2)c1. The Hall–Kier alpha value is -2.69. The fourth-order valence-electron chi connectivity index (χ4n) is 2.52. The van der Waals surface area contributed by atoms with Crippen molar-refractivity contribution in [2.24, 2.45) is 0 Å². The Labute approximate surface area is 135 Å². The lowest BCUT2D eigenvalue weighted by Crippen LogP contribution is -2.17. The molecule has 3 rings (SSSR count). The van der Waals surface area contributed by atoms with Gasteiger partial charge in [0, 0.05) is 17.4 Å². The first-order chi connectivity index (χ1) is 11.0. The van der Waals surface area contributed by atoms with Crippen molar-refractivity contribution in [3.8, 4) is 0 Å². The van der Waals surface area contributed by atoms with Crippen LogP contribution in [-0.4, -0.2) is 20.5 Å². The summed E-state index contributed by atoms with van der Waals surface area (Å²) in [5.74, 6) is 0.0388. The number of anilines is 1. The molecule has 5 nitrogen and oxygen atoms in total. The molecule has 0 saturated heterocycles. The summed E-state index contributed by atoms with van der Waals surface area (Å²) in [6.07, 6.45) is 1.70. The number of fused-ring (bicyclic) bond motifs is 1. The summed E-state index contributed by atoms with van der Waals surface area (Å²) in [5, 5.41) is 7.23. The van der Waals surface area contributed by atoms with Gasteiger partial charge >= 0.3 is 0 Å². The van der Waals surface area contributed by atoms with Gasteiger partial charge in [-0.3, -0.25) is 4.79 Å². The molecule has 0 bridgehead atoms. The monoisotopic (exact) mass is 308 g/mol. The molecular weight excluding hydrogens is 288 g/mol. The maximum absolute atomic E-state index is 12.6. The molecule has 0 atom stereocenters. The molecule has 5 heteroatoms. The number of nitrogens with one attached hydrogen (secondary N) is 1. The molecule has 1 N–H and O–H groups in total. The van der Waals surface area contributed by atoms with Crippen LogP contribution in [0.3, 0.4) is 0 Å². The summed E-state index contributed by atoms with van der Waals surface area (Å²) in [4.78, 5) is 17.0. The highest BCUT2D eigenvalue weighted by Crippen LogP contribution is 2.20. The van der Waals surface area contributed by atoms with Crippen molar-refractivity contribution in [2.45, 2.75) is 33.6 Å². The third-order valence-electron chi connectivity index (χ3n) is 3.85. The van der Waals surface area contributed by atoms with Crippen molar-refractivity contribution in [1.82, 2.24) is 14.6 Å². The Balaban J connectivity index is 1.99. The molecule has 0 spiro atoms. The normalized spacial score (nSPS) is 11.2. The Kier molecular flexibility index (Phi) is 3.86. The van der Waals surface area contributed by atoms with E-state index in [4.69, 9.17) is 0 Å². The molecule has 0 aliphatic carbocycles. The van der Waals surface area contributed by atoms with Crippen molar-refractivity contribution >= 4 is 17.2 Å². The molecule has 2 heterocycles. The fraction of sp³-hybridized carbons (Fsp3) is 0.278. The first-order valence-corrected chi connectivity index (χ1v) is 7.69. The van der Waals surface area contributed by atoms with Gasteiger partial charge in [0.1, 0.15) is 5.69 Å². The van der Waals surface area contributed by atoms with E-state index < -0.39 is 0 Å². The second kappa shape index (κ2) is 5.83. The lowest BCUT2D eigenvalue weighted by atomic mass is 10.1. The van der Waals surface area contributed by atoms with Gasteiger partial charge in [-0.1, -0.05) is 26.0 Å². The van der Waals surface area contributed by atoms with Crippen LogP contribution in [0.25, 0.3) is 5.65 Å². The molecular formula is C18H20N4O. The van der Waals surface area contributed by atoms with E-state index in [9.17, 15) is 4.79 Å². The molecule has 1 aromatic carbocycles. The van der Waals surface area contributed by atoms with E-state index in [0.717, 1.165) is 22.5 Å². The molecule has 1 amide bonds. The summed E-state index contributed by atoms with van der Waals surface area (Å²) in [7, 11) is 0. The second-order valence-electron chi connectivity index (χ2n) is 6.09. The number of carbonyl (C=O) groups is 1. The molecule has 23 heavy (non-hydrogen) atoms. The topological polar surface area (TPSA) is 59.3 Å². The minimum absolute atomic E-state index is 0.204. The average Bonchev–Trinajstić information content (AvgIpc) is 2.98. The third-order valence-corrected chi connectivity index (χ3v) is 3.85. The van der Waals surface area contributed by atoms with Gasteiger partial charge in [0.05, 0.1) is 6.20 Å². The molecule has 0 aliphatic rings. The molecule has 3 aromatic rings. The van der Waals surface area contributed by atoms with E-state index in [1.54, 1.807) is 16.8 Å². The van der Waals surface area contributed by atoms with E-state index in [1.165, 1.54) is 0 Å². The van der Waals surface area contributed by atoms with Gasteiger partial charge in [-0.05, 0) is 43.0 Å². The van der Waals surface area contributed by atoms with Crippen LogP contribution in [0.2, 0.25) is 0 Å². The fourth-order valence-corrected chi connectivity index (χ4v) is 2.52. The van der Waals surface area contributed by atoms with Gasteiger partial charge < -0.3 is 5.32 Å². The van der Waals surface area contributed by atoms with Crippen LogP contribution in [-0.2, 0) is 0 Å². The van der Waals surface area contributed by atoms with Crippen molar-refractivity contribution in [2.75, 3.05) is 5.32 Å². The average molecular weight is 308 g/mol. The zero-order valence-corrected chi connectivity index (χ0v) is 13.8. The third kappa shape index (κ3) is 2.95. The zero-order valence-electron chi connectivity index (χ0n) is 13.8. The highest BCUT2D eigenvalue weighted by atomic mass is 16.1. The molecule has 2 aromatic heterocycles. The van der Waals surface area contributed by atoms with Gasteiger partial charge in [0.2, 0.25) is 0 Å². The first-order valence-electron chi connectivity index (χ1n) is 7.69. The summed E-state index contributed by atoms with van der Waals surface area (Å²) in [6, 6.07) is 9.61. The molecule has 0 unspecified atom stereocenters. The van der Waals surface area contributed by atoms with Crippen molar-refractivity contribution < 1.29 is 4.79 Å². The van der Waals surface area contributed by atoms with Crippen molar-refractivity contribution in [3.05, 3.63) is 59.0 Å². The Morgan fingerprint density at radius 2 is 1.96 bits per heavy atom. The van der Waals surface area contributed by atoms with E-state index in [0.29, 0.717) is 11.3 Å². The predicted octanol–water partition coefficient (Wildman–Crippen LogP) is 3.72. The number of hydrogen-bond acceptors (Lipinski definition) is 3. The van der Waals surface area contributed by atoms with Gasteiger partial charge in [-0.15, -0.1) is 0 Å². The maximum Gasteiger partial charge on any atom is 0.274 e. The smallest absolute Gasteiger partial charge is 0.274 e. The Bertz CT molecular complexity index is 880. The van der Waals surface area contributed by atoms with Crippen LogP contribution in [0, 0.1) is 13.8 Å². The number of benzene rings is 1. The number of hydrogen-bond donors (Lipinski definition) is 1. The lowest BCUT2D eigenvalue weighted by molar-refractivity contribution is 0.102. The van der Waals surface area contributed by atoms with Crippen LogP contribution in [0.1, 0.15) is 47.1 Å². The molecule has 118 valence electrons. The molecule has 0 fully saturated rings. The lowest BCUT2D eigenvalue weighted by Gasteiger charge is -2.12. The van der Waals surface area contributed by atoms with Crippen LogP contribution in [0.5, 0.6) is 0 Å². The first kappa shape index (κ1) is 15.2. The van der Waals surface area contributed by atoms with Gasteiger partial charge in [-0.2, -0.15) is 5.10 Å². The highest BCUT2D eigenvalue weighted by Gasteiger charge is 2.15. The number of amides is 1. The van der Waals surface area contributed by atoms with Crippen LogP contribution >= 0.6 is 0 Å². The minimum atomic E-state index is -0.204. The standard InChI is InChI=1S/C18H20N4O/c1-11(2)16-10-15(20-17-7-8-19-22(16)17)18(23)21-14-9-12(3)5-6-13(14)4/h5-11H,1-4H3,(H,21,23). The summed E-state index contributed by atoms with van der Waals surface area (Å²) in [5.41, 5.74) is 5.00. The van der Waals surface area contributed by atoms with Crippen molar-refractivity contribution in [1.29, 1.82) is 0 Å². The van der Waals surface area contributed by atoms with Crippen LogP contribution in [0.15, 0.2) is 36.5 Å². The van der Waals surface area contributed by atoms with Gasteiger partial charge in [0.15, 0.2) is 5.65 Å². The maximum atomic E-state index is 12.6. The summed E-state index contributed by atoms with van der Waals surface area (Å²) >= 11 is 0. The predicted molar refractivity (Wildman–Crippen MR) is 90.9 cm³/mol. The summed E-state index contributed by atoms with van der Waals surface area (Å²) < 4.78 is 1.78. The quantitative estimate of drug-likeness (QED) is 0.802. The zero-order chi connectivity index (χ0) is 16.6. The van der Waals surface area contributed by atoms with Crippen molar-refractivity contribution in [3.63, 3.8) is 0 Å². The molecule has 0 radical (unpaired) electrons. The second-order valence-corrected chi connectivity index (χ2v) is 6.09. The minimum Gasteiger partial charge on any atom is -0.320 e. The number of rotatable bonds is 3. The van der Waals surface area contributed by atoms with Gasteiger partial charge in [0.25, 0.3) is 5.91 Å².